The number of ether oxygens (including phenoxy) is 1. The summed E-state index contributed by atoms with van der Waals surface area (Å²) in [5.41, 5.74) is 0. The van der Waals surface area contributed by atoms with Crippen molar-refractivity contribution in [2.75, 3.05) is 13.2 Å². The number of hydrogen-bond donors (Lipinski definition) is 1. The number of halogens is 2. The minimum absolute atomic E-state index is 0.00406. The van der Waals surface area contributed by atoms with Crippen LogP contribution in [-0.2, 0) is 0 Å². The molecule has 1 unspecified atom stereocenters. The van der Waals surface area contributed by atoms with E-state index in [4.69, 9.17) is 4.74 Å². The first-order valence-corrected chi connectivity index (χ1v) is 6.07. The fraction of sp³-hybridized carbons (Fsp3) is 0.538. The zero-order chi connectivity index (χ0) is 12.1. The van der Waals surface area contributed by atoms with Crippen LogP contribution in [-0.4, -0.2) is 19.2 Å². The van der Waals surface area contributed by atoms with E-state index in [1.54, 1.807) is 0 Å². The minimum atomic E-state index is -0.509. The largest absolute Gasteiger partial charge is 0.490 e. The van der Waals surface area contributed by atoms with Crippen LogP contribution in [0.4, 0.5) is 8.78 Å². The van der Waals surface area contributed by atoms with E-state index < -0.39 is 11.6 Å². The normalized spacial score (nSPS) is 19.5. The molecule has 0 radical (unpaired) electrons. The maximum Gasteiger partial charge on any atom is 0.165 e. The molecule has 1 saturated heterocycles. The average Bonchev–Trinajstić information content (AvgIpc) is 2.82. The molecule has 0 aromatic heterocycles. The summed E-state index contributed by atoms with van der Waals surface area (Å²) in [5.74, 6) is -0.978. The van der Waals surface area contributed by atoms with Crippen LogP contribution in [0.15, 0.2) is 18.2 Å². The highest BCUT2D eigenvalue weighted by molar-refractivity contribution is 5.24. The Balaban J connectivity index is 1.72. The molecule has 1 aliphatic heterocycles. The van der Waals surface area contributed by atoms with Crippen LogP contribution >= 0.6 is 0 Å². The van der Waals surface area contributed by atoms with Crippen molar-refractivity contribution in [3.8, 4) is 5.75 Å². The van der Waals surface area contributed by atoms with E-state index >= 15 is 0 Å². The SMILES string of the molecule is Fc1ccc(F)c(OCCCC2CCCN2)c1. The van der Waals surface area contributed by atoms with Crippen molar-refractivity contribution in [3.05, 3.63) is 29.8 Å². The van der Waals surface area contributed by atoms with E-state index in [9.17, 15) is 8.78 Å². The molecule has 1 aromatic carbocycles. The van der Waals surface area contributed by atoms with Gasteiger partial charge in [0.1, 0.15) is 5.82 Å². The molecule has 1 atom stereocenters. The summed E-state index contributed by atoms with van der Waals surface area (Å²) in [6.07, 6.45) is 4.31. The third kappa shape index (κ3) is 3.66. The second-order valence-electron chi connectivity index (χ2n) is 4.36. The Kier molecular flexibility index (Phi) is 4.31. The topological polar surface area (TPSA) is 21.3 Å². The van der Waals surface area contributed by atoms with Crippen molar-refractivity contribution in [1.82, 2.24) is 5.32 Å². The molecule has 0 aliphatic carbocycles. The maximum atomic E-state index is 13.2. The zero-order valence-corrected chi connectivity index (χ0v) is 9.72. The van der Waals surface area contributed by atoms with Crippen molar-refractivity contribution < 1.29 is 13.5 Å². The Morgan fingerprint density at radius 3 is 3.00 bits per heavy atom. The molecule has 1 fully saturated rings. The third-order valence-electron chi connectivity index (χ3n) is 3.01. The van der Waals surface area contributed by atoms with Crippen molar-refractivity contribution in [3.63, 3.8) is 0 Å². The lowest BCUT2D eigenvalue weighted by Gasteiger charge is -2.11. The van der Waals surface area contributed by atoms with Gasteiger partial charge in [-0.2, -0.15) is 0 Å². The molecular weight excluding hydrogens is 224 g/mol. The molecule has 1 aromatic rings. The summed E-state index contributed by atoms with van der Waals surface area (Å²) in [6, 6.07) is 3.83. The summed E-state index contributed by atoms with van der Waals surface area (Å²) in [6.45, 7) is 1.52. The number of benzene rings is 1. The van der Waals surface area contributed by atoms with Gasteiger partial charge in [-0.3, -0.25) is 0 Å². The van der Waals surface area contributed by atoms with Gasteiger partial charge in [-0.1, -0.05) is 0 Å². The predicted molar refractivity (Wildman–Crippen MR) is 62.1 cm³/mol. The summed E-state index contributed by atoms with van der Waals surface area (Å²) >= 11 is 0. The van der Waals surface area contributed by atoms with Crippen LogP contribution in [0.2, 0.25) is 0 Å². The molecule has 1 aliphatic rings. The molecule has 1 N–H and O–H groups in total. The minimum Gasteiger partial charge on any atom is -0.490 e. The Morgan fingerprint density at radius 1 is 1.35 bits per heavy atom. The molecule has 0 spiro atoms. The molecule has 0 amide bonds. The fourth-order valence-corrected chi connectivity index (χ4v) is 2.10. The summed E-state index contributed by atoms with van der Waals surface area (Å²) in [4.78, 5) is 0. The van der Waals surface area contributed by atoms with E-state index in [2.05, 4.69) is 5.32 Å². The van der Waals surface area contributed by atoms with Crippen molar-refractivity contribution in [2.45, 2.75) is 31.7 Å². The lowest BCUT2D eigenvalue weighted by molar-refractivity contribution is 0.284. The van der Waals surface area contributed by atoms with Gasteiger partial charge in [0.2, 0.25) is 0 Å². The van der Waals surface area contributed by atoms with E-state index in [0.29, 0.717) is 12.6 Å². The van der Waals surface area contributed by atoms with Gasteiger partial charge in [0.05, 0.1) is 6.61 Å². The van der Waals surface area contributed by atoms with Crippen LogP contribution in [0.25, 0.3) is 0 Å². The molecule has 4 heteroatoms. The smallest absolute Gasteiger partial charge is 0.165 e. The van der Waals surface area contributed by atoms with Gasteiger partial charge in [-0.25, -0.2) is 8.78 Å². The maximum absolute atomic E-state index is 13.2. The van der Waals surface area contributed by atoms with E-state index in [1.165, 1.54) is 12.8 Å². The highest BCUT2D eigenvalue weighted by atomic mass is 19.1. The van der Waals surface area contributed by atoms with Crippen LogP contribution in [0.3, 0.4) is 0 Å². The van der Waals surface area contributed by atoms with E-state index in [-0.39, 0.29) is 5.75 Å². The molecule has 17 heavy (non-hydrogen) atoms. The van der Waals surface area contributed by atoms with Crippen molar-refractivity contribution in [2.24, 2.45) is 0 Å². The van der Waals surface area contributed by atoms with Crippen molar-refractivity contribution >= 4 is 0 Å². The highest BCUT2D eigenvalue weighted by Crippen LogP contribution is 2.18. The van der Waals surface area contributed by atoms with Crippen LogP contribution in [0.5, 0.6) is 5.75 Å². The first kappa shape index (κ1) is 12.3. The van der Waals surface area contributed by atoms with Gasteiger partial charge in [0.25, 0.3) is 0 Å². The summed E-state index contributed by atoms with van der Waals surface area (Å²) in [7, 11) is 0. The summed E-state index contributed by atoms with van der Waals surface area (Å²) < 4.78 is 31.3. The van der Waals surface area contributed by atoms with Crippen LogP contribution in [0.1, 0.15) is 25.7 Å². The lowest BCUT2D eigenvalue weighted by Crippen LogP contribution is -2.21. The monoisotopic (exact) mass is 241 g/mol. The van der Waals surface area contributed by atoms with Gasteiger partial charge in [-0.15, -0.1) is 0 Å². The lowest BCUT2D eigenvalue weighted by atomic mass is 10.1. The Labute approximate surface area is 100.0 Å². The second-order valence-corrected chi connectivity index (χ2v) is 4.36. The van der Waals surface area contributed by atoms with Gasteiger partial charge >= 0.3 is 0 Å². The second kappa shape index (κ2) is 5.96. The average molecular weight is 241 g/mol. The third-order valence-corrected chi connectivity index (χ3v) is 3.01. The first-order valence-electron chi connectivity index (χ1n) is 6.07. The number of nitrogens with one attached hydrogen (secondary N) is 1. The van der Waals surface area contributed by atoms with Gasteiger partial charge in [0.15, 0.2) is 11.6 Å². The zero-order valence-electron chi connectivity index (χ0n) is 9.72. The Hall–Kier alpha value is -1.16. The van der Waals surface area contributed by atoms with E-state index in [0.717, 1.165) is 37.6 Å². The number of rotatable bonds is 5. The standard InChI is InChI=1S/C13H17F2NO/c14-10-5-6-12(15)13(9-10)17-8-2-4-11-3-1-7-16-11/h5-6,9,11,16H,1-4,7-8H2. The molecule has 2 rings (SSSR count). The number of hydrogen-bond acceptors (Lipinski definition) is 2. The highest BCUT2D eigenvalue weighted by Gasteiger charge is 2.13. The van der Waals surface area contributed by atoms with Gasteiger partial charge in [0, 0.05) is 12.1 Å². The van der Waals surface area contributed by atoms with Gasteiger partial charge in [-0.05, 0) is 44.4 Å². The van der Waals surface area contributed by atoms with Crippen LogP contribution < -0.4 is 10.1 Å². The first-order chi connectivity index (χ1) is 8.25. The molecule has 1 heterocycles. The predicted octanol–water partition coefficient (Wildman–Crippen LogP) is 2.88. The van der Waals surface area contributed by atoms with Crippen molar-refractivity contribution in [1.29, 1.82) is 0 Å². The summed E-state index contributed by atoms with van der Waals surface area (Å²) in [5, 5.41) is 3.39. The molecule has 94 valence electrons. The molecule has 0 bridgehead atoms. The molecular formula is C13H17F2NO. The fourth-order valence-electron chi connectivity index (χ4n) is 2.10. The molecule has 0 saturated carbocycles. The van der Waals surface area contributed by atoms with Gasteiger partial charge < -0.3 is 10.1 Å². The molecule has 2 nitrogen and oxygen atoms in total. The Bertz CT molecular complexity index is 364. The van der Waals surface area contributed by atoms with Crippen LogP contribution in [0, 0.1) is 11.6 Å². The van der Waals surface area contributed by atoms with E-state index in [1.807, 2.05) is 0 Å². The quantitative estimate of drug-likeness (QED) is 0.800. The Morgan fingerprint density at radius 2 is 2.24 bits per heavy atom.